The fourth-order valence-corrected chi connectivity index (χ4v) is 3.40. The Balaban J connectivity index is 2.02. The van der Waals surface area contributed by atoms with Gasteiger partial charge in [-0.2, -0.15) is 0 Å². The highest BCUT2D eigenvalue weighted by molar-refractivity contribution is 14.1. The number of nitro groups is 1. The number of carbonyl (C=O) groups excluding carboxylic acids is 1. The minimum Gasteiger partial charge on any atom is -0.352 e. The van der Waals surface area contributed by atoms with Crippen LogP contribution in [-0.2, 0) is 0 Å². The highest BCUT2D eigenvalue weighted by Gasteiger charge is 2.22. The Labute approximate surface area is 137 Å². The van der Waals surface area contributed by atoms with Crippen LogP contribution in [0.1, 0.15) is 43.0 Å². The van der Waals surface area contributed by atoms with Gasteiger partial charge in [0.15, 0.2) is 0 Å². The third-order valence-electron chi connectivity index (χ3n) is 4.22. The van der Waals surface area contributed by atoms with Gasteiger partial charge >= 0.3 is 0 Å². The molecule has 1 amide bonds. The number of nitro benzene ring substituents is 1. The summed E-state index contributed by atoms with van der Waals surface area (Å²) in [5, 5.41) is 13.7. The molecule has 0 spiro atoms. The molecule has 0 radical (unpaired) electrons. The van der Waals surface area contributed by atoms with E-state index in [0.29, 0.717) is 23.9 Å². The van der Waals surface area contributed by atoms with Gasteiger partial charge in [0.1, 0.15) is 0 Å². The van der Waals surface area contributed by atoms with Gasteiger partial charge in [0.05, 0.1) is 10.5 Å². The number of nitrogens with zero attached hydrogens (tertiary/aromatic N) is 1. The van der Waals surface area contributed by atoms with Gasteiger partial charge in [-0.15, -0.1) is 0 Å². The summed E-state index contributed by atoms with van der Waals surface area (Å²) in [4.78, 5) is 22.6. The first-order chi connectivity index (χ1) is 9.99. The number of halogens is 1. The maximum atomic E-state index is 12.3. The number of amides is 1. The van der Waals surface area contributed by atoms with Crippen LogP contribution >= 0.6 is 22.6 Å². The van der Waals surface area contributed by atoms with Gasteiger partial charge in [0.2, 0.25) is 0 Å². The Kier molecular flexibility index (Phi) is 5.55. The zero-order valence-corrected chi connectivity index (χ0v) is 14.1. The van der Waals surface area contributed by atoms with E-state index in [1.54, 1.807) is 6.07 Å². The molecule has 2 rings (SSSR count). The van der Waals surface area contributed by atoms with Crippen LogP contribution in [0.25, 0.3) is 0 Å². The van der Waals surface area contributed by atoms with Gasteiger partial charge in [0.25, 0.3) is 11.6 Å². The number of rotatable bonds is 4. The molecule has 5 nitrogen and oxygen atoms in total. The fraction of sp³-hybridized carbons (Fsp3) is 0.533. The molecule has 21 heavy (non-hydrogen) atoms. The van der Waals surface area contributed by atoms with E-state index in [1.807, 2.05) is 22.6 Å². The zero-order chi connectivity index (χ0) is 15.4. The SMILES string of the molecule is CC1CCCCC1CNC(=O)c1cc([N+](=O)[O-])ccc1I. The third kappa shape index (κ3) is 4.15. The van der Waals surface area contributed by atoms with Crippen LogP contribution in [0.2, 0.25) is 0 Å². The fourth-order valence-electron chi connectivity index (χ4n) is 2.82. The van der Waals surface area contributed by atoms with Crippen LogP contribution < -0.4 is 5.32 Å². The van der Waals surface area contributed by atoms with Crippen molar-refractivity contribution in [3.8, 4) is 0 Å². The first-order valence-electron chi connectivity index (χ1n) is 7.21. The predicted molar refractivity (Wildman–Crippen MR) is 89.3 cm³/mol. The second-order valence-electron chi connectivity index (χ2n) is 5.65. The molecule has 1 aliphatic rings. The third-order valence-corrected chi connectivity index (χ3v) is 5.16. The van der Waals surface area contributed by atoms with Crippen molar-refractivity contribution in [1.29, 1.82) is 0 Å². The highest BCUT2D eigenvalue weighted by Crippen LogP contribution is 2.29. The van der Waals surface area contributed by atoms with E-state index >= 15 is 0 Å². The molecule has 0 aromatic heterocycles. The van der Waals surface area contributed by atoms with Gasteiger partial charge in [-0.05, 0) is 46.9 Å². The average Bonchev–Trinajstić information content (AvgIpc) is 2.46. The molecule has 1 N–H and O–H groups in total. The molecule has 0 heterocycles. The van der Waals surface area contributed by atoms with Crippen molar-refractivity contribution in [2.45, 2.75) is 32.6 Å². The number of benzene rings is 1. The van der Waals surface area contributed by atoms with Gasteiger partial charge in [0, 0.05) is 22.2 Å². The average molecular weight is 402 g/mol. The maximum Gasteiger partial charge on any atom is 0.270 e. The summed E-state index contributed by atoms with van der Waals surface area (Å²) in [5.74, 6) is 0.920. The van der Waals surface area contributed by atoms with E-state index < -0.39 is 4.92 Å². The molecular formula is C15H19IN2O3. The molecule has 1 saturated carbocycles. The number of hydrogen-bond donors (Lipinski definition) is 1. The van der Waals surface area contributed by atoms with Crippen molar-refractivity contribution in [3.63, 3.8) is 0 Å². The van der Waals surface area contributed by atoms with Gasteiger partial charge < -0.3 is 5.32 Å². The van der Waals surface area contributed by atoms with Crippen LogP contribution in [-0.4, -0.2) is 17.4 Å². The van der Waals surface area contributed by atoms with E-state index in [2.05, 4.69) is 12.2 Å². The molecule has 1 aromatic rings. The minimum atomic E-state index is -0.476. The van der Waals surface area contributed by atoms with Gasteiger partial charge in [-0.25, -0.2) is 0 Å². The predicted octanol–water partition coefficient (Wildman–Crippen LogP) is 3.76. The molecule has 2 unspecified atom stereocenters. The highest BCUT2D eigenvalue weighted by atomic mass is 127. The van der Waals surface area contributed by atoms with E-state index in [-0.39, 0.29) is 11.6 Å². The quantitative estimate of drug-likeness (QED) is 0.474. The lowest BCUT2D eigenvalue weighted by Crippen LogP contribution is -2.33. The summed E-state index contributed by atoms with van der Waals surface area (Å²) in [6, 6.07) is 4.38. The number of carbonyl (C=O) groups is 1. The van der Waals surface area contributed by atoms with Crippen molar-refractivity contribution >= 4 is 34.2 Å². The summed E-state index contributed by atoms with van der Waals surface area (Å²) in [5.41, 5.74) is 0.333. The monoisotopic (exact) mass is 402 g/mol. The lowest BCUT2D eigenvalue weighted by atomic mass is 9.80. The topological polar surface area (TPSA) is 72.2 Å². The van der Waals surface area contributed by atoms with Gasteiger partial charge in [-0.3, -0.25) is 14.9 Å². The molecule has 0 aliphatic heterocycles. The van der Waals surface area contributed by atoms with Crippen LogP contribution in [0.15, 0.2) is 18.2 Å². The summed E-state index contributed by atoms with van der Waals surface area (Å²) >= 11 is 2.03. The molecule has 2 atom stereocenters. The minimum absolute atomic E-state index is 0.0494. The van der Waals surface area contributed by atoms with Crippen LogP contribution in [0.3, 0.4) is 0 Å². The van der Waals surface area contributed by atoms with Crippen molar-refractivity contribution in [3.05, 3.63) is 37.4 Å². The molecule has 1 aliphatic carbocycles. The molecule has 1 fully saturated rings. The second-order valence-corrected chi connectivity index (χ2v) is 6.82. The maximum absolute atomic E-state index is 12.3. The van der Waals surface area contributed by atoms with Crippen LogP contribution in [0.5, 0.6) is 0 Å². The first-order valence-corrected chi connectivity index (χ1v) is 8.29. The summed E-state index contributed by atoms with van der Waals surface area (Å²) in [7, 11) is 0. The smallest absolute Gasteiger partial charge is 0.270 e. The van der Waals surface area contributed by atoms with Crippen LogP contribution in [0.4, 0.5) is 5.69 Å². The Morgan fingerprint density at radius 2 is 2.14 bits per heavy atom. The molecule has 6 heteroatoms. The first kappa shape index (κ1) is 16.2. The second kappa shape index (κ2) is 7.20. The Morgan fingerprint density at radius 3 is 2.81 bits per heavy atom. The van der Waals surface area contributed by atoms with Crippen molar-refractivity contribution in [2.75, 3.05) is 6.54 Å². The normalized spacial score (nSPS) is 21.8. The molecule has 0 saturated heterocycles. The Bertz CT molecular complexity index is 548. The van der Waals surface area contributed by atoms with Crippen molar-refractivity contribution in [1.82, 2.24) is 5.32 Å². The molecule has 1 aromatic carbocycles. The summed E-state index contributed by atoms with van der Waals surface area (Å²) in [6.45, 7) is 2.88. The van der Waals surface area contributed by atoms with E-state index in [9.17, 15) is 14.9 Å². The lowest BCUT2D eigenvalue weighted by Gasteiger charge is -2.28. The van der Waals surface area contributed by atoms with Crippen molar-refractivity contribution in [2.24, 2.45) is 11.8 Å². The number of nitrogens with one attached hydrogen (secondary N) is 1. The molecule has 114 valence electrons. The van der Waals surface area contributed by atoms with Gasteiger partial charge in [-0.1, -0.05) is 26.2 Å². The standard InChI is InChI=1S/C15H19IN2O3/c1-10-4-2-3-5-11(10)9-17-15(19)13-8-12(18(20)21)6-7-14(13)16/h6-8,10-11H,2-5,9H2,1H3,(H,17,19). The molecule has 0 bridgehead atoms. The summed E-state index contributed by atoms with van der Waals surface area (Å²) in [6.07, 6.45) is 4.86. The lowest BCUT2D eigenvalue weighted by molar-refractivity contribution is -0.384. The zero-order valence-electron chi connectivity index (χ0n) is 12.0. The molecular weight excluding hydrogens is 383 g/mol. The van der Waals surface area contributed by atoms with E-state index in [1.165, 1.54) is 31.4 Å². The van der Waals surface area contributed by atoms with Crippen molar-refractivity contribution < 1.29 is 9.72 Å². The summed E-state index contributed by atoms with van der Waals surface area (Å²) < 4.78 is 0.729. The Hall–Kier alpha value is -1.18. The van der Waals surface area contributed by atoms with Crippen LogP contribution in [0, 0.1) is 25.5 Å². The van der Waals surface area contributed by atoms with E-state index in [4.69, 9.17) is 0 Å². The van der Waals surface area contributed by atoms with E-state index in [0.717, 1.165) is 9.99 Å². The number of non-ortho nitro benzene ring substituents is 1. The Morgan fingerprint density at radius 1 is 1.43 bits per heavy atom. The number of hydrogen-bond acceptors (Lipinski definition) is 3. The largest absolute Gasteiger partial charge is 0.352 e.